The fourth-order valence-corrected chi connectivity index (χ4v) is 1.97. The molecule has 1 aromatic carbocycles. The standard InChI is InChI=1S/C10H14N2OS/c1-7-4-2-3-5-9(7)14-6-8(11)10(12)13/h2-5,8H,6,11H2,1H3,(H2,12,13). The van der Waals surface area contributed by atoms with Crippen molar-refractivity contribution in [3.63, 3.8) is 0 Å². The third kappa shape index (κ3) is 3.05. The zero-order valence-electron chi connectivity index (χ0n) is 8.07. The molecule has 1 aromatic rings. The van der Waals surface area contributed by atoms with Crippen molar-refractivity contribution in [2.24, 2.45) is 11.5 Å². The van der Waals surface area contributed by atoms with Crippen LogP contribution >= 0.6 is 11.8 Å². The van der Waals surface area contributed by atoms with Crippen LogP contribution in [0, 0.1) is 6.92 Å². The number of aryl methyl sites for hydroxylation is 1. The quantitative estimate of drug-likeness (QED) is 0.725. The number of carbonyl (C=O) groups is 1. The van der Waals surface area contributed by atoms with Crippen LogP contribution < -0.4 is 11.5 Å². The van der Waals surface area contributed by atoms with Crippen molar-refractivity contribution in [3.05, 3.63) is 29.8 Å². The van der Waals surface area contributed by atoms with E-state index in [4.69, 9.17) is 11.5 Å². The number of carbonyl (C=O) groups excluding carboxylic acids is 1. The lowest BCUT2D eigenvalue weighted by Gasteiger charge is -2.08. The SMILES string of the molecule is Cc1ccccc1SCC(N)C(N)=O. The van der Waals surface area contributed by atoms with Gasteiger partial charge in [0.2, 0.25) is 5.91 Å². The van der Waals surface area contributed by atoms with Crippen LogP contribution in [0.5, 0.6) is 0 Å². The van der Waals surface area contributed by atoms with Crippen molar-refractivity contribution in [2.75, 3.05) is 5.75 Å². The van der Waals surface area contributed by atoms with Crippen molar-refractivity contribution < 1.29 is 4.79 Å². The van der Waals surface area contributed by atoms with E-state index in [0.29, 0.717) is 5.75 Å². The molecule has 3 nitrogen and oxygen atoms in total. The van der Waals surface area contributed by atoms with Crippen LogP contribution in [-0.2, 0) is 4.79 Å². The molecular formula is C10H14N2OS. The molecule has 0 aliphatic heterocycles. The minimum Gasteiger partial charge on any atom is -0.368 e. The molecule has 0 bridgehead atoms. The lowest BCUT2D eigenvalue weighted by molar-refractivity contribution is -0.118. The Bertz CT molecular complexity index is 328. The average molecular weight is 210 g/mol. The van der Waals surface area contributed by atoms with Crippen molar-refractivity contribution in [3.8, 4) is 0 Å². The first-order valence-electron chi connectivity index (χ1n) is 4.34. The fourth-order valence-electron chi connectivity index (χ4n) is 0.980. The number of primary amides is 1. The summed E-state index contributed by atoms with van der Waals surface area (Å²) in [7, 11) is 0. The van der Waals surface area contributed by atoms with Gasteiger partial charge in [0.1, 0.15) is 0 Å². The van der Waals surface area contributed by atoms with Gasteiger partial charge in [-0.05, 0) is 18.6 Å². The van der Waals surface area contributed by atoms with Gasteiger partial charge >= 0.3 is 0 Å². The zero-order chi connectivity index (χ0) is 10.6. The summed E-state index contributed by atoms with van der Waals surface area (Å²) in [4.78, 5) is 11.8. The highest BCUT2D eigenvalue weighted by Gasteiger charge is 2.09. The summed E-state index contributed by atoms with van der Waals surface area (Å²) in [6.45, 7) is 2.03. The Balaban J connectivity index is 2.54. The highest BCUT2D eigenvalue weighted by atomic mass is 32.2. The summed E-state index contributed by atoms with van der Waals surface area (Å²) >= 11 is 1.56. The number of hydrogen-bond acceptors (Lipinski definition) is 3. The smallest absolute Gasteiger partial charge is 0.235 e. The summed E-state index contributed by atoms with van der Waals surface area (Å²) in [5.74, 6) is 0.0753. The Morgan fingerprint density at radius 1 is 1.50 bits per heavy atom. The second-order valence-electron chi connectivity index (χ2n) is 3.09. The molecule has 14 heavy (non-hydrogen) atoms. The van der Waals surface area contributed by atoms with Gasteiger partial charge in [-0.2, -0.15) is 0 Å². The minimum atomic E-state index is -0.570. The number of thioether (sulfide) groups is 1. The molecule has 0 spiro atoms. The number of benzene rings is 1. The monoisotopic (exact) mass is 210 g/mol. The highest BCUT2D eigenvalue weighted by Crippen LogP contribution is 2.21. The maximum absolute atomic E-state index is 10.7. The number of rotatable bonds is 4. The number of amides is 1. The van der Waals surface area contributed by atoms with Crippen molar-refractivity contribution in [2.45, 2.75) is 17.9 Å². The second-order valence-corrected chi connectivity index (χ2v) is 4.15. The van der Waals surface area contributed by atoms with Crippen LogP contribution in [0.25, 0.3) is 0 Å². The summed E-state index contributed by atoms with van der Waals surface area (Å²) in [6.07, 6.45) is 0. The highest BCUT2D eigenvalue weighted by molar-refractivity contribution is 7.99. The Hall–Kier alpha value is -1.00. The van der Waals surface area contributed by atoms with E-state index in [2.05, 4.69) is 0 Å². The fraction of sp³-hybridized carbons (Fsp3) is 0.300. The maximum atomic E-state index is 10.7. The van der Waals surface area contributed by atoms with Crippen LogP contribution in [0.15, 0.2) is 29.2 Å². The predicted molar refractivity (Wildman–Crippen MR) is 59.1 cm³/mol. The lowest BCUT2D eigenvalue weighted by atomic mass is 10.2. The Kier molecular flexibility index (Phi) is 3.98. The first-order chi connectivity index (χ1) is 6.61. The van der Waals surface area contributed by atoms with Gasteiger partial charge in [0, 0.05) is 10.6 Å². The molecule has 0 fully saturated rings. The van der Waals surface area contributed by atoms with Crippen LogP contribution in [-0.4, -0.2) is 17.7 Å². The van der Waals surface area contributed by atoms with E-state index in [1.807, 2.05) is 31.2 Å². The molecule has 0 saturated carbocycles. The molecule has 1 amide bonds. The topological polar surface area (TPSA) is 69.1 Å². The van der Waals surface area contributed by atoms with Crippen LogP contribution in [0.2, 0.25) is 0 Å². The summed E-state index contributed by atoms with van der Waals surface area (Å²) in [5, 5.41) is 0. The van der Waals surface area contributed by atoms with Gasteiger partial charge in [-0.15, -0.1) is 11.8 Å². The van der Waals surface area contributed by atoms with E-state index in [0.717, 1.165) is 4.90 Å². The van der Waals surface area contributed by atoms with Crippen molar-refractivity contribution in [1.82, 2.24) is 0 Å². The Morgan fingerprint density at radius 2 is 2.14 bits per heavy atom. The first-order valence-corrected chi connectivity index (χ1v) is 5.33. The molecule has 4 N–H and O–H groups in total. The summed E-state index contributed by atoms with van der Waals surface area (Å²) in [6, 6.07) is 7.41. The molecule has 0 radical (unpaired) electrons. The van der Waals surface area contributed by atoms with E-state index in [9.17, 15) is 4.79 Å². The van der Waals surface area contributed by atoms with E-state index in [-0.39, 0.29) is 0 Å². The Labute approximate surface area is 87.9 Å². The van der Waals surface area contributed by atoms with Gasteiger partial charge in [0.25, 0.3) is 0 Å². The van der Waals surface area contributed by atoms with E-state index >= 15 is 0 Å². The molecule has 1 atom stereocenters. The Morgan fingerprint density at radius 3 is 2.71 bits per heavy atom. The predicted octanol–water partition coefficient (Wildman–Crippen LogP) is 0.900. The molecule has 1 unspecified atom stereocenters. The molecule has 76 valence electrons. The molecule has 0 aliphatic rings. The average Bonchev–Trinajstić information content (AvgIpc) is 2.16. The third-order valence-corrected chi connectivity index (χ3v) is 3.17. The van der Waals surface area contributed by atoms with Crippen LogP contribution in [0.4, 0.5) is 0 Å². The summed E-state index contributed by atoms with van der Waals surface area (Å²) in [5.41, 5.74) is 11.8. The zero-order valence-corrected chi connectivity index (χ0v) is 8.88. The lowest BCUT2D eigenvalue weighted by Crippen LogP contribution is -2.38. The van der Waals surface area contributed by atoms with Gasteiger partial charge in [-0.25, -0.2) is 0 Å². The van der Waals surface area contributed by atoms with Gasteiger partial charge < -0.3 is 11.5 Å². The second kappa shape index (κ2) is 5.02. The normalized spacial score (nSPS) is 12.4. The molecular weight excluding hydrogens is 196 g/mol. The van der Waals surface area contributed by atoms with Crippen molar-refractivity contribution in [1.29, 1.82) is 0 Å². The first kappa shape index (κ1) is 11.1. The molecule has 0 aliphatic carbocycles. The van der Waals surface area contributed by atoms with E-state index in [1.165, 1.54) is 5.56 Å². The van der Waals surface area contributed by atoms with E-state index in [1.54, 1.807) is 11.8 Å². The van der Waals surface area contributed by atoms with Gasteiger partial charge in [-0.1, -0.05) is 18.2 Å². The molecule has 0 heterocycles. The van der Waals surface area contributed by atoms with Gasteiger partial charge in [-0.3, -0.25) is 4.79 Å². The number of hydrogen-bond donors (Lipinski definition) is 2. The van der Waals surface area contributed by atoms with Crippen LogP contribution in [0.3, 0.4) is 0 Å². The summed E-state index contributed by atoms with van der Waals surface area (Å²) < 4.78 is 0. The molecule has 4 heteroatoms. The van der Waals surface area contributed by atoms with Crippen molar-refractivity contribution >= 4 is 17.7 Å². The van der Waals surface area contributed by atoms with Gasteiger partial charge in [0.15, 0.2) is 0 Å². The maximum Gasteiger partial charge on any atom is 0.235 e. The number of nitrogens with two attached hydrogens (primary N) is 2. The third-order valence-electron chi connectivity index (χ3n) is 1.88. The van der Waals surface area contributed by atoms with E-state index < -0.39 is 11.9 Å². The molecule has 0 saturated heterocycles. The van der Waals surface area contributed by atoms with Gasteiger partial charge in [0.05, 0.1) is 6.04 Å². The van der Waals surface area contributed by atoms with Crippen LogP contribution in [0.1, 0.15) is 5.56 Å². The molecule has 1 rings (SSSR count). The minimum absolute atomic E-state index is 0.453. The largest absolute Gasteiger partial charge is 0.368 e. The molecule has 0 aromatic heterocycles.